The quantitative estimate of drug-likeness (QED) is 0.607. The van der Waals surface area contributed by atoms with Gasteiger partial charge in [0.25, 0.3) is 0 Å². The molecule has 1 fully saturated rings. The van der Waals surface area contributed by atoms with Gasteiger partial charge in [-0.25, -0.2) is 0 Å². The third kappa shape index (κ3) is 5.39. The van der Waals surface area contributed by atoms with Gasteiger partial charge in [0.1, 0.15) is 0 Å². The Labute approximate surface area is 128 Å². The molecule has 0 spiro atoms. The van der Waals surface area contributed by atoms with Crippen LogP contribution in [0.4, 0.5) is 0 Å². The van der Waals surface area contributed by atoms with E-state index in [2.05, 4.69) is 46.9 Å². The number of hydrogen-bond acceptors (Lipinski definition) is 1. The topological polar surface area (TPSA) is 12.0 Å². The zero-order chi connectivity index (χ0) is 15.2. The predicted octanol–water partition coefficient (Wildman–Crippen LogP) is 5.50. The first kappa shape index (κ1) is 18.0. The van der Waals surface area contributed by atoms with Crippen LogP contribution in [0.2, 0.25) is 0 Å². The van der Waals surface area contributed by atoms with Crippen LogP contribution in [0.1, 0.15) is 80.1 Å². The molecule has 4 atom stereocenters. The minimum Gasteiger partial charge on any atom is -0.316 e. The number of hydrogen-bond donors (Lipinski definition) is 1. The average molecular weight is 282 g/mol. The molecular weight excluding hydrogens is 242 g/mol. The molecule has 0 saturated heterocycles. The third-order valence-electron chi connectivity index (χ3n) is 5.58. The Bertz CT molecular complexity index is 253. The summed E-state index contributed by atoms with van der Waals surface area (Å²) < 4.78 is 0. The summed E-state index contributed by atoms with van der Waals surface area (Å²) >= 11 is 0. The summed E-state index contributed by atoms with van der Waals surface area (Å²) in [5, 5.41) is 3.69. The summed E-state index contributed by atoms with van der Waals surface area (Å²) in [4.78, 5) is 0. The molecule has 0 aromatic rings. The van der Waals surface area contributed by atoms with E-state index in [1.165, 1.54) is 51.6 Å². The Kier molecular flexibility index (Phi) is 7.58. The van der Waals surface area contributed by atoms with Crippen molar-refractivity contribution >= 4 is 0 Å². The molecule has 0 bridgehead atoms. The second-order valence-corrected chi connectivity index (χ2v) is 8.27. The van der Waals surface area contributed by atoms with Gasteiger partial charge in [0.2, 0.25) is 0 Å². The van der Waals surface area contributed by atoms with E-state index >= 15 is 0 Å². The van der Waals surface area contributed by atoms with Crippen molar-refractivity contribution in [3.8, 4) is 0 Å². The van der Waals surface area contributed by atoms with Crippen molar-refractivity contribution in [1.82, 2.24) is 5.32 Å². The molecule has 0 heterocycles. The van der Waals surface area contributed by atoms with Crippen LogP contribution in [0.5, 0.6) is 0 Å². The zero-order valence-electron chi connectivity index (χ0n) is 15.0. The van der Waals surface area contributed by atoms with Gasteiger partial charge in [-0.1, -0.05) is 54.4 Å². The minimum atomic E-state index is 0.492. The first-order chi connectivity index (χ1) is 9.40. The van der Waals surface area contributed by atoms with Gasteiger partial charge in [-0.2, -0.15) is 0 Å². The van der Waals surface area contributed by atoms with Crippen LogP contribution in [-0.4, -0.2) is 13.1 Å². The van der Waals surface area contributed by atoms with Crippen LogP contribution in [0.3, 0.4) is 0 Å². The van der Waals surface area contributed by atoms with E-state index < -0.39 is 0 Å². The fourth-order valence-electron chi connectivity index (χ4n) is 4.14. The maximum absolute atomic E-state index is 3.69. The highest BCUT2D eigenvalue weighted by Gasteiger charge is 2.37. The molecule has 1 N–H and O–H groups in total. The second kappa shape index (κ2) is 8.41. The van der Waals surface area contributed by atoms with Gasteiger partial charge in [-0.3, -0.25) is 0 Å². The highest BCUT2D eigenvalue weighted by molar-refractivity contribution is 4.88. The lowest BCUT2D eigenvalue weighted by molar-refractivity contribution is 0.0655. The van der Waals surface area contributed by atoms with Crippen molar-refractivity contribution in [2.75, 3.05) is 13.1 Å². The van der Waals surface area contributed by atoms with Crippen molar-refractivity contribution in [2.24, 2.45) is 29.1 Å². The lowest BCUT2D eigenvalue weighted by Gasteiger charge is -2.44. The number of rotatable bonds is 7. The lowest BCUT2D eigenvalue weighted by Crippen LogP contribution is -2.39. The SMILES string of the molecule is CCCNCC1CCC(C(C)(C)C)CC1C(C)CCC. The summed E-state index contributed by atoms with van der Waals surface area (Å²) in [7, 11) is 0. The van der Waals surface area contributed by atoms with Gasteiger partial charge in [0.05, 0.1) is 0 Å². The maximum atomic E-state index is 3.69. The maximum Gasteiger partial charge on any atom is -0.00178 e. The Hall–Kier alpha value is -0.0400. The largest absolute Gasteiger partial charge is 0.316 e. The predicted molar refractivity (Wildman–Crippen MR) is 91.0 cm³/mol. The normalized spacial score (nSPS) is 29.4. The molecular formula is C19H39N. The molecule has 120 valence electrons. The Morgan fingerprint density at radius 3 is 2.35 bits per heavy atom. The van der Waals surface area contributed by atoms with E-state index in [0.717, 1.165) is 23.7 Å². The highest BCUT2D eigenvalue weighted by Crippen LogP contribution is 2.45. The molecule has 1 heteroatoms. The lowest BCUT2D eigenvalue weighted by atomic mass is 9.62. The van der Waals surface area contributed by atoms with Crippen LogP contribution in [0, 0.1) is 29.1 Å². The molecule has 1 aliphatic carbocycles. The Balaban J connectivity index is 2.64. The van der Waals surface area contributed by atoms with Gasteiger partial charge >= 0.3 is 0 Å². The first-order valence-electron chi connectivity index (χ1n) is 9.10. The van der Waals surface area contributed by atoms with Gasteiger partial charge in [-0.15, -0.1) is 0 Å². The third-order valence-corrected chi connectivity index (χ3v) is 5.58. The molecule has 0 aromatic carbocycles. The van der Waals surface area contributed by atoms with Gasteiger partial charge in [0.15, 0.2) is 0 Å². The summed E-state index contributed by atoms with van der Waals surface area (Å²) in [6, 6.07) is 0. The molecule has 20 heavy (non-hydrogen) atoms. The Morgan fingerprint density at radius 2 is 1.80 bits per heavy atom. The molecule has 1 nitrogen and oxygen atoms in total. The Morgan fingerprint density at radius 1 is 1.10 bits per heavy atom. The van der Waals surface area contributed by atoms with E-state index in [1.807, 2.05) is 0 Å². The van der Waals surface area contributed by atoms with E-state index in [9.17, 15) is 0 Å². The van der Waals surface area contributed by atoms with Crippen LogP contribution in [0.25, 0.3) is 0 Å². The monoisotopic (exact) mass is 281 g/mol. The van der Waals surface area contributed by atoms with Crippen molar-refractivity contribution in [1.29, 1.82) is 0 Å². The molecule has 0 radical (unpaired) electrons. The molecule has 1 rings (SSSR count). The smallest absolute Gasteiger partial charge is 0.00178 e. The van der Waals surface area contributed by atoms with Crippen molar-refractivity contribution in [3.05, 3.63) is 0 Å². The summed E-state index contributed by atoms with van der Waals surface area (Å²) in [6.45, 7) is 16.9. The summed E-state index contributed by atoms with van der Waals surface area (Å²) in [5.74, 6) is 3.69. The van der Waals surface area contributed by atoms with Crippen molar-refractivity contribution in [3.63, 3.8) is 0 Å². The molecule has 0 aromatic heterocycles. The van der Waals surface area contributed by atoms with Gasteiger partial charge < -0.3 is 5.32 Å². The minimum absolute atomic E-state index is 0.492. The molecule has 1 saturated carbocycles. The fourth-order valence-corrected chi connectivity index (χ4v) is 4.14. The van der Waals surface area contributed by atoms with Crippen LogP contribution in [-0.2, 0) is 0 Å². The average Bonchev–Trinajstić information content (AvgIpc) is 2.38. The molecule has 0 amide bonds. The van der Waals surface area contributed by atoms with Crippen molar-refractivity contribution < 1.29 is 0 Å². The van der Waals surface area contributed by atoms with Crippen LogP contribution in [0.15, 0.2) is 0 Å². The van der Waals surface area contributed by atoms with E-state index in [-0.39, 0.29) is 0 Å². The number of nitrogens with one attached hydrogen (secondary N) is 1. The van der Waals surface area contributed by atoms with Crippen LogP contribution >= 0.6 is 0 Å². The van der Waals surface area contributed by atoms with E-state index in [4.69, 9.17) is 0 Å². The summed E-state index contributed by atoms with van der Waals surface area (Å²) in [5.41, 5.74) is 0.492. The van der Waals surface area contributed by atoms with E-state index in [1.54, 1.807) is 0 Å². The summed E-state index contributed by atoms with van der Waals surface area (Å²) in [6.07, 6.45) is 8.35. The standard InChI is InChI=1S/C19H39N/c1-7-9-15(3)18-13-17(19(4,5)6)11-10-16(18)14-20-12-8-2/h15-18,20H,7-14H2,1-6H3. The van der Waals surface area contributed by atoms with Crippen LogP contribution < -0.4 is 5.32 Å². The zero-order valence-corrected chi connectivity index (χ0v) is 15.0. The highest BCUT2D eigenvalue weighted by atomic mass is 14.9. The molecule has 0 aliphatic heterocycles. The van der Waals surface area contributed by atoms with Gasteiger partial charge in [0, 0.05) is 0 Å². The fraction of sp³-hybridized carbons (Fsp3) is 1.00. The molecule has 4 unspecified atom stereocenters. The first-order valence-corrected chi connectivity index (χ1v) is 9.10. The van der Waals surface area contributed by atoms with Gasteiger partial charge in [-0.05, 0) is 67.9 Å². The molecule has 1 aliphatic rings. The van der Waals surface area contributed by atoms with E-state index in [0.29, 0.717) is 5.41 Å². The van der Waals surface area contributed by atoms with Crippen molar-refractivity contribution in [2.45, 2.75) is 80.1 Å². The second-order valence-electron chi connectivity index (χ2n) is 8.27.